The van der Waals surface area contributed by atoms with Gasteiger partial charge in [-0.2, -0.15) is 0 Å². The van der Waals surface area contributed by atoms with Gasteiger partial charge in [-0.1, -0.05) is 6.92 Å². The summed E-state index contributed by atoms with van der Waals surface area (Å²) in [6, 6.07) is 11.7. The Morgan fingerprint density at radius 2 is 1.97 bits per heavy atom. The van der Waals surface area contributed by atoms with Gasteiger partial charge in [0, 0.05) is 24.2 Å². The van der Waals surface area contributed by atoms with Crippen LogP contribution in [0.2, 0.25) is 0 Å². The molecule has 170 valence electrons. The summed E-state index contributed by atoms with van der Waals surface area (Å²) in [4.78, 5) is 19.2. The number of oxazole rings is 1. The van der Waals surface area contributed by atoms with Crippen LogP contribution in [0, 0.1) is 5.92 Å². The predicted octanol–water partition coefficient (Wildman–Crippen LogP) is 2.99. The standard InChI is InChI=1S/C23H28N4O4S/c1-3-25-14-15-4-9-18(12-15)27(2)23(28)17-7-5-16(6-8-17)22-26-20-13-19(32(24,29)30)10-11-21(20)31-22/h5-8,10-11,13,15,18,25H,3-4,9,12,14H2,1-2H3,(H2,24,29,30). The largest absolute Gasteiger partial charge is 0.436 e. The molecule has 1 saturated carbocycles. The first-order valence-corrected chi connectivity index (χ1v) is 12.3. The molecule has 1 aliphatic carbocycles. The smallest absolute Gasteiger partial charge is 0.253 e. The van der Waals surface area contributed by atoms with Crippen LogP contribution in [0.4, 0.5) is 0 Å². The van der Waals surface area contributed by atoms with E-state index in [1.165, 1.54) is 18.2 Å². The summed E-state index contributed by atoms with van der Waals surface area (Å²) >= 11 is 0. The molecule has 4 rings (SSSR count). The van der Waals surface area contributed by atoms with Crippen molar-refractivity contribution >= 4 is 27.0 Å². The number of sulfonamides is 1. The summed E-state index contributed by atoms with van der Waals surface area (Å²) in [5.41, 5.74) is 2.17. The third-order valence-corrected chi connectivity index (χ3v) is 7.04. The van der Waals surface area contributed by atoms with Crippen molar-refractivity contribution in [1.29, 1.82) is 0 Å². The molecule has 1 fully saturated rings. The minimum Gasteiger partial charge on any atom is -0.436 e. The monoisotopic (exact) mass is 456 g/mol. The second-order valence-corrected chi connectivity index (χ2v) is 9.89. The highest BCUT2D eigenvalue weighted by molar-refractivity contribution is 7.89. The van der Waals surface area contributed by atoms with Crippen LogP contribution in [-0.2, 0) is 10.0 Å². The van der Waals surface area contributed by atoms with Crippen LogP contribution in [0.5, 0.6) is 0 Å². The summed E-state index contributed by atoms with van der Waals surface area (Å²) in [7, 11) is -1.94. The second-order valence-electron chi connectivity index (χ2n) is 8.33. The van der Waals surface area contributed by atoms with Crippen molar-refractivity contribution in [2.24, 2.45) is 11.1 Å². The highest BCUT2D eigenvalue weighted by atomic mass is 32.2. The maximum absolute atomic E-state index is 13.0. The lowest BCUT2D eigenvalue weighted by molar-refractivity contribution is 0.0732. The third-order valence-electron chi connectivity index (χ3n) is 6.13. The molecular weight excluding hydrogens is 428 g/mol. The average molecular weight is 457 g/mol. The van der Waals surface area contributed by atoms with Crippen molar-refractivity contribution in [3.05, 3.63) is 48.0 Å². The summed E-state index contributed by atoms with van der Waals surface area (Å²) in [6.07, 6.45) is 3.19. The molecule has 1 aromatic heterocycles. The van der Waals surface area contributed by atoms with Crippen LogP contribution in [0.15, 0.2) is 51.8 Å². The Balaban J connectivity index is 1.47. The van der Waals surface area contributed by atoms with E-state index in [4.69, 9.17) is 9.56 Å². The fourth-order valence-electron chi connectivity index (χ4n) is 4.27. The molecule has 0 radical (unpaired) electrons. The molecule has 32 heavy (non-hydrogen) atoms. The number of primary sulfonamides is 1. The topological polar surface area (TPSA) is 119 Å². The zero-order valence-electron chi connectivity index (χ0n) is 18.2. The summed E-state index contributed by atoms with van der Waals surface area (Å²) < 4.78 is 28.8. The lowest BCUT2D eigenvalue weighted by Gasteiger charge is -2.25. The van der Waals surface area contributed by atoms with Crippen LogP contribution < -0.4 is 10.5 Å². The Hall–Kier alpha value is -2.75. The van der Waals surface area contributed by atoms with E-state index in [1.807, 2.05) is 11.9 Å². The first kappa shape index (κ1) is 22.4. The fourth-order valence-corrected chi connectivity index (χ4v) is 4.80. The number of nitrogens with two attached hydrogens (primary N) is 1. The molecule has 1 amide bonds. The van der Waals surface area contributed by atoms with E-state index >= 15 is 0 Å². The van der Waals surface area contributed by atoms with Gasteiger partial charge >= 0.3 is 0 Å². The molecule has 9 heteroatoms. The number of aromatic nitrogens is 1. The SMILES string of the molecule is CCNCC1CCC(N(C)C(=O)c2ccc(-c3nc4cc(S(N)(=O)=O)ccc4o3)cc2)C1. The average Bonchev–Trinajstić information content (AvgIpc) is 3.42. The van der Waals surface area contributed by atoms with E-state index in [0.717, 1.165) is 32.4 Å². The minimum absolute atomic E-state index is 0.000935. The Kier molecular flexibility index (Phi) is 6.32. The fraction of sp³-hybridized carbons (Fsp3) is 0.391. The lowest BCUT2D eigenvalue weighted by Crippen LogP contribution is -2.35. The molecule has 2 unspecified atom stereocenters. The van der Waals surface area contributed by atoms with E-state index in [2.05, 4.69) is 17.2 Å². The summed E-state index contributed by atoms with van der Waals surface area (Å²) in [5, 5.41) is 8.58. The molecule has 2 aromatic carbocycles. The van der Waals surface area contributed by atoms with Crippen molar-refractivity contribution in [2.75, 3.05) is 20.1 Å². The van der Waals surface area contributed by atoms with Crippen LogP contribution in [-0.4, -0.2) is 50.4 Å². The number of carbonyl (C=O) groups excluding carboxylic acids is 1. The summed E-state index contributed by atoms with van der Waals surface area (Å²) in [6.45, 7) is 4.08. The van der Waals surface area contributed by atoms with E-state index in [9.17, 15) is 13.2 Å². The Bertz CT molecular complexity index is 1220. The highest BCUT2D eigenvalue weighted by Crippen LogP contribution is 2.30. The zero-order chi connectivity index (χ0) is 22.9. The van der Waals surface area contributed by atoms with Gasteiger partial charge in [0.25, 0.3) is 5.91 Å². The number of rotatable bonds is 7. The van der Waals surface area contributed by atoms with Gasteiger partial charge in [0.15, 0.2) is 5.58 Å². The lowest BCUT2D eigenvalue weighted by atomic mass is 10.1. The van der Waals surface area contributed by atoms with Gasteiger partial charge in [-0.05, 0) is 80.7 Å². The van der Waals surface area contributed by atoms with Gasteiger partial charge in [0.2, 0.25) is 15.9 Å². The first-order chi connectivity index (χ1) is 15.3. The van der Waals surface area contributed by atoms with Gasteiger partial charge < -0.3 is 14.6 Å². The maximum atomic E-state index is 13.0. The number of carbonyl (C=O) groups is 1. The molecule has 0 saturated heterocycles. The van der Waals surface area contributed by atoms with Crippen LogP contribution in [0.1, 0.15) is 36.5 Å². The first-order valence-electron chi connectivity index (χ1n) is 10.8. The van der Waals surface area contributed by atoms with Crippen molar-refractivity contribution < 1.29 is 17.6 Å². The molecule has 1 heterocycles. The third kappa shape index (κ3) is 4.69. The molecule has 1 aliphatic rings. The number of benzene rings is 2. The Labute approximate surface area is 187 Å². The molecular formula is C23H28N4O4S. The van der Waals surface area contributed by atoms with Gasteiger partial charge in [-0.15, -0.1) is 0 Å². The molecule has 0 aliphatic heterocycles. The van der Waals surface area contributed by atoms with Crippen molar-refractivity contribution in [3.63, 3.8) is 0 Å². The second kappa shape index (κ2) is 9.01. The van der Waals surface area contributed by atoms with Gasteiger partial charge in [-0.3, -0.25) is 4.79 Å². The molecule has 0 spiro atoms. The van der Waals surface area contributed by atoms with E-state index in [-0.39, 0.29) is 16.8 Å². The van der Waals surface area contributed by atoms with E-state index in [1.54, 1.807) is 24.3 Å². The minimum atomic E-state index is -3.82. The van der Waals surface area contributed by atoms with Gasteiger partial charge in [0.1, 0.15) is 5.52 Å². The molecule has 2 atom stereocenters. The quantitative estimate of drug-likeness (QED) is 0.564. The Morgan fingerprint density at radius 1 is 1.22 bits per heavy atom. The Morgan fingerprint density at radius 3 is 2.66 bits per heavy atom. The number of hydrogen-bond acceptors (Lipinski definition) is 6. The number of nitrogens with one attached hydrogen (secondary N) is 1. The normalized spacial score (nSPS) is 18.8. The van der Waals surface area contributed by atoms with Crippen molar-refractivity contribution in [2.45, 2.75) is 37.1 Å². The van der Waals surface area contributed by atoms with E-state index < -0.39 is 10.0 Å². The number of nitrogens with zero attached hydrogens (tertiary/aromatic N) is 2. The molecule has 3 N–H and O–H groups in total. The van der Waals surface area contributed by atoms with E-state index in [0.29, 0.717) is 34.0 Å². The molecule has 3 aromatic rings. The summed E-state index contributed by atoms with van der Waals surface area (Å²) in [5.74, 6) is 0.966. The maximum Gasteiger partial charge on any atom is 0.253 e. The van der Waals surface area contributed by atoms with Gasteiger partial charge in [-0.25, -0.2) is 18.5 Å². The van der Waals surface area contributed by atoms with Crippen molar-refractivity contribution in [3.8, 4) is 11.5 Å². The highest BCUT2D eigenvalue weighted by Gasteiger charge is 2.30. The predicted molar refractivity (Wildman–Crippen MR) is 123 cm³/mol. The van der Waals surface area contributed by atoms with Crippen LogP contribution >= 0.6 is 0 Å². The molecule has 0 bridgehead atoms. The van der Waals surface area contributed by atoms with Crippen LogP contribution in [0.3, 0.4) is 0 Å². The zero-order valence-corrected chi connectivity index (χ0v) is 19.1. The van der Waals surface area contributed by atoms with Crippen LogP contribution in [0.25, 0.3) is 22.6 Å². The number of hydrogen-bond donors (Lipinski definition) is 2. The molecule has 8 nitrogen and oxygen atoms in total. The van der Waals surface area contributed by atoms with Crippen molar-refractivity contribution in [1.82, 2.24) is 15.2 Å². The number of amides is 1. The van der Waals surface area contributed by atoms with Gasteiger partial charge in [0.05, 0.1) is 4.90 Å². The number of fused-ring (bicyclic) bond motifs is 1.